The molecular weight excluding hydrogens is 422 g/mol. The number of hydrogen-bond acceptors (Lipinski definition) is 6. The van der Waals surface area contributed by atoms with Crippen molar-refractivity contribution in [3.05, 3.63) is 71.2 Å². The fourth-order valence-electron chi connectivity index (χ4n) is 4.18. The molecule has 0 spiro atoms. The Kier molecular flexibility index (Phi) is 6.14. The van der Waals surface area contributed by atoms with Gasteiger partial charge in [0.2, 0.25) is 5.78 Å². The molecule has 1 aliphatic heterocycles. The van der Waals surface area contributed by atoms with E-state index >= 15 is 0 Å². The van der Waals surface area contributed by atoms with Crippen molar-refractivity contribution >= 4 is 22.7 Å². The Labute approximate surface area is 192 Å². The molecule has 0 radical (unpaired) electrons. The smallest absolute Gasteiger partial charge is 0.290 e. The van der Waals surface area contributed by atoms with Gasteiger partial charge in [-0.15, -0.1) is 0 Å². The molecule has 1 aromatic heterocycles. The van der Waals surface area contributed by atoms with Crippen LogP contribution in [-0.2, 0) is 4.79 Å². The normalized spacial score (nSPS) is 16.2. The zero-order valence-electron chi connectivity index (χ0n) is 19.1. The van der Waals surface area contributed by atoms with E-state index in [1.54, 1.807) is 30.3 Å². The van der Waals surface area contributed by atoms with Crippen molar-refractivity contribution in [3.8, 4) is 11.5 Å². The van der Waals surface area contributed by atoms with E-state index in [-0.39, 0.29) is 17.4 Å². The molecule has 1 aliphatic rings. The zero-order chi connectivity index (χ0) is 23.7. The molecule has 1 unspecified atom stereocenters. The predicted molar refractivity (Wildman–Crippen MR) is 124 cm³/mol. The molecule has 1 atom stereocenters. The number of furan rings is 1. The Bertz CT molecular complexity index is 1240. The maximum atomic E-state index is 13.6. The van der Waals surface area contributed by atoms with Crippen LogP contribution in [0.2, 0.25) is 0 Å². The molecule has 7 nitrogen and oxygen atoms in total. The van der Waals surface area contributed by atoms with Gasteiger partial charge in [-0.2, -0.15) is 0 Å². The number of ether oxygens (including phenoxy) is 2. The Morgan fingerprint density at radius 1 is 1.18 bits per heavy atom. The molecule has 0 saturated heterocycles. The second-order valence-electron chi connectivity index (χ2n) is 8.22. The van der Waals surface area contributed by atoms with Gasteiger partial charge >= 0.3 is 0 Å². The molecule has 1 amide bonds. The summed E-state index contributed by atoms with van der Waals surface area (Å²) in [5.41, 5.74) is 1.10. The first-order chi connectivity index (χ1) is 15.8. The summed E-state index contributed by atoms with van der Waals surface area (Å²) in [4.78, 5) is 28.1. The molecule has 0 aliphatic carbocycles. The maximum absolute atomic E-state index is 13.6. The molecule has 1 N–H and O–H groups in total. The highest BCUT2D eigenvalue weighted by atomic mass is 16.5. The van der Waals surface area contributed by atoms with Crippen LogP contribution in [0.1, 0.15) is 49.4 Å². The fourth-order valence-corrected chi connectivity index (χ4v) is 4.18. The summed E-state index contributed by atoms with van der Waals surface area (Å²) in [6.07, 6.45) is 0.633. The molecule has 7 heteroatoms. The van der Waals surface area contributed by atoms with E-state index in [0.717, 1.165) is 0 Å². The van der Waals surface area contributed by atoms with Gasteiger partial charge < -0.3 is 23.9 Å². The van der Waals surface area contributed by atoms with E-state index in [9.17, 15) is 14.7 Å². The Morgan fingerprint density at radius 3 is 2.64 bits per heavy atom. The van der Waals surface area contributed by atoms with Gasteiger partial charge in [-0.1, -0.05) is 31.2 Å². The molecule has 0 saturated carbocycles. The topological polar surface area (TPSA) is 89.2 Å². The molecule has 4 rings (SSSR count). The lowest BCUT2D eigenvalue weighted by atomic mass is 9.94. The van der Waals surface area contributed by atoms with E-state index < -0.39 is 23.5 Å². The number of benzene rings is 2. The number of aliphatic hydroxyl groups is 1. The summed E-state index contributed by atoms with van der Waals surface area (Å²) in [7, 11) is 1.52. The van der Waals surface area contributed by atoms with Crippen molar-refractivity contribution < 1.29 is 28.6 Å². The first kappa shape index (κ1) is 22.5. The molecule has 2 aromatic carbocycles. The van der Waals surface area contributed by atoms with Gasteiger partial charge in [0, 0.05) is 11.9 Å². The summed E-state index contributed by atoms with van der Waals surface area (Å²) >= 11 is 0. The van der Waals surface area contributed by atoms with Gasteiger partial charge in [-0.25, -0.2) is 0 Å². The zero-order valence-corrected chi connectivity index (χ0v) is 19.1. The van der Waals surface area contributed by atoms with Crippen LogP contribution in [0.3, 0.4) is 0 Å². The van der Waals surface area contributed by atoms with Crippen molar-refractivity contribution in [3.63, 3.8) is 0 Å². The van der Waals surface area contributed by atoms with E-state index in [4.69, 9.17) is 13.9 Å². The maximum Gasteiger partial charge on any atom is 0.290 e. The monoisotopic (exact) mass is 449 g/mol. The third-order valence-electron chi connectivity index (χ3n) is 5.51. The summed E-state index contributed by atoms with van der Waals surface area (Å²) in [6, 6.07) is 13.4. The lowest BCUT2D eigenvalue weighted by molar-refractivity contribution is -0.129. The molecule has 3 aromatic rings. The summed E-state index contributed by atoms with van der Waals surface area (Å²) in [6.45, 7) is 6.16. The predicted octanol–water partition coefficient (Wildman–Crippen LogP) is 5.22. The van der Waals surface area contributed by atoms with Crippen molar-refractivity contribution in [2.45, 2.75) is 39.3 Å². The number of ketones is 1. The molecule has 0 bridgehead atoms. The van der Waals surface area contributed by atoms with Crippen molar-refractivity contribution in [2.75, 3.05) is 13.7 Å². The van der Waals surface area contributed by atoms with Crippen LogP contribution in [-0.4, -0.2) is 41.5 Å². The van der Waals surface area contributed by atoms with Crippen LogP contribution in [0.25, 0.3) is 11.0 Å². The number of hydrogen-bond donors (Lipinski definition) is 1. The molecule has 2 heterocycles. The molecule has 33 heavy (non-hydrogen) atoms. The number of rotatable bonds is 8. The number of amides is 1. The minimum atomic E-state index is -0.754. The number of carbonyl (C=O) groups is 2. The van der Waals surface area contributed by atoms with Crippen LogP contribution in [0.4, 0.5) is 0 Å². The molecule has 0 fully saturated rings. The number of methoxy groups -OCH3 is 1. The quantitative estimate of drug-likeness (QED) is 0.475. The average molecular weight is 450 g/mol. The third kappa shape index (κ3) is 4.06. The number of para-hydroxylation sites is 1. The van der Waals surface area contributed by atoms with E-state index in [0.29, 0.717) is 41.0 Å². The highest BCUT2D eigenvalue weighted by Crippen LogP contribution is 2.41. The highest BCUT2D eigenvalue weighted by molar-refractivity contribution is 6.16. The van der Waals surface area contributed by atoms with Crippen LogP contribution in [0.15, 0.2) is 64.3 Å². The number of fused-ring (bicyclic) bond motifs is 1. The first-order valence-electron chi connectivity index (χ1n) is 11.0. The van der Waals surface area contributed by atoms with Gasteiger partial charge in [0.1, 0.15) is 5.75 Å². The van der Waals surface area contributed by atoms with Gasteiger partial charge in [-0.3, -0.25) is 9.59 Å². The minimum Gasteiger partial charge on any atom is -0.503 e. The van der Waals surface area contributed by atoms with Crippen molar-refractivity contribution in [1.29, 1.82) is 0 Å². The highest BCUT2D eigenvalue weighted by Gasteiger charge is 2.44. The van der Waals surface area contributed by atoms with E-state index in [1.807, 2.05) is 39.0 Å². The second-order valence-corrected chi connectivity index (χ2v) is 8.22. The van der Waals surface area contributed by atoms with Crippen LogP contribution in [0.5, 0.6) is 11.5 Å². The van der Waals surface area contributed by atoms with Crippen molar-refractivity contribution in [1.82, 2.24) is 4.90 Å². The van der Waals surface area contributed by atoms with Gasteiger partial charge in [0.25, 0.3) is 5.91 Å². The van der Waals surface area contributed by atoms with Crippen LogP contribution < -0.4 is 9.47 Å². The summed E-state index contributed by atoms with van der Waals surface area (Å²) in [5, 5.41) is 11.5. The molecular formula is C26H27NO6. The van der Waals surface area contributed by atoms with Crippen LogP contribution >= 0.6 is 0 Å². The largest absolute Gasteiger partial charge is 0.503 e. The molecule has 172 valence electrons. The summed E-state index contributed by atoms with van der Waals surface area (Å²) < 4.78 is 17.0. The number of carbonyl (C=O) groups excluding carboxylic acids is 2. The third-order valence-corrected chi connectivity index (χ3v) is 5.51. The second kappa shape index (κ2) is 9.02. The van der Waals surface area contributed by atoms with E-state index in [2.05, 4.69) is 0 Å². The Balaban J connectivity index is 1.81. The Morgan fingerprint density at radius 2 is 1.94 bits per heavy atom. The van der Waals surface area contributed by atoms with Gasteiger partial charge in [-0.05, 0) is 50.1 Å². The SMILES string of the molecule is CCCN1C(=O)C(O)=C(C(=O)c2cc3cccc(OC)c3o2)C1c1cccc(OC(C)C)c1. The lowest BCUT2D eigenvalue weighted by Crippen LogP contribution is -2.31. The minimum absolute atomic E-state index is 0.00632. The average Bonchev–Trinajstić information content (AvgIpc) is 3.33. The van der Waals surface area contributed by atoms with Crippen LogP contribution in [0, 0.1) is 0 Å². The fraction of sp³-hybridized carbons (Fsp3) is 0.308. The number of Topliss-reactive ketones (excluding diaryl/α,β-unsaturated/α-hetero) is 1. The van der Waals surface area contributed by atoms with Gasteiger partial charge in [0.15, 0.2) is 22.9 Å². The van der Waals surface area contributed by atoms with E-state index in [1.165, 1.54) is 12.0 Å². The number of nitrogens with zero attached hydrogens (tertiary/aromatic N) is 1. The number of aliphatic hydroxyl groups excluding tert-OH is 1. The van der Waals surface area contributed by atoms with Gasteiger partial charge in [0.05, 0.1) is 24.8 Å². The summed E-state index contributed by atoms with van der Waals surface area (Å²) in [5.74, 6) is -0.525. The first-order valence-corrected chi connectivity index (χ1v) is 11.0. The Hall–Kier alpha value is -3.74. The van der Waals surface area contributed by atoms with Crippen molar-refractivity contribution in [2.24, 2.45) is 0 Å². The lowest BCUT2D eigenvalue weighted by Gasteiger charge is -2.26. The standard InChI is InChI=1S/C26H27NO6/c1-5-12-27-22(16-8-6-10-18(13-16)32-15(2)3)21(24(29)26(27)30)23(28)20-14-17-9-7-11-19(31-4)25(17)33-20/h6-11,13-15,22,29H,5,12H2,1-4H3.